The topological polar surface area (TPSA) is 45.6 Å². The van der Waals surface area contributed by atoms with Crippen LogP contribution in [0.5, 0.6) is 5.75 Å². The SMILES string of the molecule is C=C[C@H]1CN(CCCCCCC)CC[C@H]1C[C@H](O)Cc1ccnc2ccc(OC)cc12. The van der Waals surface area contributed by atoms with Gasteiger partial charge in [0.1, 0.15) is 5.75 Å². The Bertz CT molecular complexity index is 822. The Morgan fingerprint density at radius 2 is 2.10 bits per heavy atom. The summed E-state index contributed by atoms with van der Waals surface area (Å²) in [4.78, 5) is 7.06. The Balaban J connectivity index is 1.54. The maximum atomic E-state index is 10.9. The molecule has 1 fully saturated rings. The van der Waals surface area contributed by atoms with Gasteiger partial charge in [-0.25, -0.2) is 0 Å². The van der Waals surface area contributed by atoms with Gasteiger partial charge in [0, 0.05) is 18.1 Å². The van der Waals surface area contributed by atoms with Crippen molar-refractivity contribution in [3.05, 3.63) is 48.7 Å². The summed E-state index contributed by atoms with van der Waals surface area (Å²) >= 11 is 0. The lowest BCUT2D eigenvalue weighted by molar-refractivity contribution is 0.0839. The molecule has 4 heteroatoms. The van der Waals surface area contributed by atoms with Gasteiger partial charge in [0.2, 0.25) is 0 Å². The van der Waals surface area contributed by atoms with Gasteiger partial charge < -0.3 is 14.7 Å². The molecular weight excluding hydrogens is 384 g/mol. The molecule has 1 aliphatic rings. The van der Waals surface area contributed by atoms with Gasteiger partial charge >= 0.3 is 0 Å². The summed E-state index contributed by atoms with van der Waals surface area (Å²) in [5, 5.41) is 12.0. The first-order valence-electron chi connectivity index (χ1n) is 12.1. The van der Waals surface area contributed by atoms with E-state index < -0.39 is 0 Å². The summed E-state index contributed by atoms with van der Waals surface area (Å²) in [5.74, 6) is 1.80. The van der Waals surface area contributed by atoms with Gasteiger partial charge in [-0.3, -0.25) is 4.98 Å². The number of methoxy groups -OCH3 is 1. The summed E-state index contributed by atoms with van der Waals surface area (Å²) in [5.41, 5.74) is 2.08. The lowest BCUT2D eigenvalue weighted by Crippen LogP contribution is -2.41. The molecular formula is C27H40N2O2. The van der Waals surface area contributed by atoms with Gasteiger partial charge in [-0.1, -0.05) is 38.7 Å². The van der Waals surface area contributed by atoms with Gasteiger partial charge in [-0.05, 0) is 80.4 Å². The molecule has 4 nitrogen and oxygen atoms in total. The third-order valence-electron chi connectivity index (χ3n) is 6.84. The lowest BCUT2D eigenvalue weighted by Gasteiger charge is -2.38. The number of nitrogens with zero attached hydrogens (tertiary/aromatic N) is 2. The van der Waals surface area contributed by atoms with Crippen molar-refractivity contribution in [2.45, 2.75) is 64.4 Å². The van der Waals surface area contributed by atoms with Gasteiger partial charge in [0.15, 0.2) is 0 Å². The van der Waals surface area contributed by atoms with Crippen LogP contribution in [-0.4, -0.2) is 47.8 Å². The molecule has 170 valence electrons. The van der Waals surface area contributed by atoms with Crippen LogP contribution in [0.15, 0.2) is 43.1 Å². The van der Waals surface area contributed by atoms with Gasteiger partial charge in [0.25, 0.3) is 0 Å². The van der Waals surface area contributed by atoms with E-state index in [9.17, 15) is 5.11 Å². The number of fused-ring (bicyclic) bond motifs is 1. The van der Waals surface area contributed by atoms with Crippen LogP contribution in [0.1, 0.15) is 57.4 Å². The second-order valence-electron chi connectivity index (χ2n) is 9.11. The van der Waals surface area contributed by atoms with Crippen LogP contribution >= 0.6 is 0 Å². The number of hydrogen-bond donors (Lipinski definition) is 1. The van der Waals surface area contributed by atoms with Crippen molar-refractivity contribution in [3.63, 3.8) is 0 Å². The number of piperidine rings is 1. The van der Waals surface area contributed by atoms with E-state index in [2.05, 4.69) is 29.5 Å². The van der Waals surface area contributed by atoms with E-state index in [1.807, 2.05) is 30.5 Å². The van der Waals surface area contributed by atoms with Crippen LogP contribution in [0.4, 0.5) is 0 Å². The predicted octanol–water partition coefficient (Wildman–Crippen LogP) is 5.63. The van der Waals surface area contributed by atoms with E-state index in [0.717, 1.165) is 48.1 Å². The molecule has 1 saturated heterocycles. The molecule has 0 amide bonds. The number of likely N-dealkylation sites (tertiary alicyclic amines) is 1. The van der Waals surface area contributed by atoms with E-state index in [4.69, 9.17) is 4.74 Å². The Morgan fingerprint density at radius 3 is 2.87 bits per heavy atom. The summed E-state index contributed by atoms with van der Waals surface area (Å²) in [7, 11) is 1.68. The fourth-order valence-corrected chi connectivity index (χ4v) is 4.98. The van der Waals surface area contributed by atoms with Crippen LogP contribution < -0.4 is 4.74 Å². The van der Waals surface area contributed by atoms with Gasteiger partial charge in [-0.2, -0.15) is 0 Å². The van der Waals surface area contributed by atoms with Crippen molar-refractivity contribution in [1.29, 1.82) is 0 Å². The first kappa shape index (κ1) is 23.7. The number of benzene rings is 1. The molecule has 1 aliphatic heterocycles. The van der Waals surface area contributed by atoms with E-state index in [-0.39, 0.29) is 6.10 Å². The van der Waals surface area contributed by atoms with Crippen molar-refractivity contribution < 1.29 is 9.84 Å². The molecule has 0 radical (unpaired) electrons. The first-order chi connectivity index (χ1) is 15.1. The number of rotatable bonds is 12. The van der Waals surface area contributed by atoms with Crippen LogP contribution in [0.2, 0.25) is 0 Å². The molecule has 2 heterocycles. The van der Waals surface area contributed by atoms with Gasteiger partial charge in [0.05, 0.1) is 18.7 Å². The van der Waals surface area contributed by atoms with Crippen LogP contribution in [0.3, 0.4) is 0 Å². The monoisotopic (exact) mass is 424 g/mol. The lowest BCUT2D eigenvalue weighted by atomic mass is 9.80. The number of ether oxygens (including phenoxy) is 1. The number of aromatic nitrogens is 1. The molecule has 0 spiro atoms. The molecule has 3 rings (SSSR count). The van der Waals surface area contributed by atoms with Gasteiger partial charge in [-0.15, -0.1) is 6.58 Å². The number of hydrogen-bond acceptors (Lipinski definition) is 4. The second-order valence-corrected chi connectivity index (χ2v) is 9.11. The van der Waals surface area contributed by atoms with Crippen molar-refractivity contribution in [2.75, 3.05) is 26.7 Å². The highest BCUT2D eigenvalue weighted by Crippen LogP contribution is 2.30. The zero-order valence-electron chi connectivity index (χ0n) is 19.4. The molecule has 1 N–H and O–H groups in total. The predicted molar refractivity (Wildman–Crippen MR) is 130 cm³/mol. The van der Waals surface area contributed by atoms with E-state index in [1.165, 1.54) is 38.6 Å². The summed E-state index contributed by atoms with van der Waals surface area (Å²) in [6.45, 7) is 9.81. The Hall–Kier alpha value is -1.91. The zero-order valence-corrected chi connectivity index (χ0v) is 19.4. The van der Waals surface area contributed by atoms with E-state index in [0.29, 0.717) is 18.3 Å². The molecule has 1 aromatic heterocycles. The fourth-order valence-electron chi connectivity index (χ4n) is 4.98. The standard InChI is InChI=1S/C27H40N2O2/c1-4-6-7-8-9-15-29-16-13-22(21(5-2)20-29)17-24(30)18-23-12-14-28-27-11-10-25(31-3)19-26(23)27/h5,10-12,14,19,21-22,24,30H,2,4,6-9,13,15-18,20H2,1,3H3/t21-,22-,24-/m0/s1. The number of aliphatic hydroxyl groups excluding tert-OH is 1. The quantitative estimate of drug-likeness (QED) is 0.354. The van der Waals surface area contributed by atoms with E-state index in [1.54, 1.807) is 7.11 Å². The molecule has 2 aromatic rings. The average Bonchev–Trinajstić information content (AvgIpc) is 2.79. The second kappa shape index (κ2) is 12.2. The van der Waals surface area contributed by atoms with Crippen molar-refractivity contribution >= 4 is 10.9 Å². The smallest absolute Gasteiger partial charge is 0.119 e. The minimum absolute atomic E-state index is 0.357. The number of aliphatic hydroxyl groups is 1. The molecule has 3 atom stereocenters. The summed E-state index contributed by atoms with van der Waals surface area (Å²) in [6.07, 6.45) is 12.9. The zero-order chi connectivity index (χ0) is 22.1. The largest absolute Gasteiger partial charge is 0.497 e. The fraction of sp³-hybridized carbons (Fsp3) is 0.593. The molecule has 1 aromatic carbocycles. The van der Waals surface area contributed by atoms with Crippen molar-refractivity contribution in [2.24, 2.45) is 11.8 Å². The molecule has 0 unspecified atom stereocenters. The third kappa shape index (κ3) is 6.78. The Morgan fingerprint density at radius 1 is 1.26 bits per heavy atom. The number of pyridine rings is 1. The normalized spacial score (nSPS) is 20.6. The van der Waals surface area contributed by atoms with Crippen LogP contribution in [0, 0.1) is 11.8 Å². The van der Waals surface area contributed by atoms with E-state index >= 15 is 0 Å². The average molecular weight is 425 g/mol. The van der Waals surface area contributed by atoms with Crippen LogP contribution in [-0.2, 0) is 6.42 Å². The number of unbranched alkanes of at least 4 members (excludes halogenated alkanes) is 4. The third-order valence-corrected chi connectivity index (χ3v) is 6.84. The molecule has 0 saturated carbocycles. The van der Waals surface area contributed by atoms with Crippen molar-refractivity contribution in [3.8, 4) is 5.75 Å². The molecule has 31 heavy (non-hydrogen) atoms. The minimum Gasteiger partial charge on any atom is -0.497 e. The summed E-state index contributed by atoms with van der Waals surface area (Å²) in [6, 6.07) is 7.96. The maximum Gasteiger partial charge on any atom is 0.119 e. The highest BCUT2D eigenvalue weighted by molar-refractivity contribution is 5.83. The molecule has 0 bridgehead atoms. The molecule has 0 aliphatic carbocycles. The first-order valence-corrected chi connectivity index (χ1v) is 12.1. The Kier molecular flexibility index (Phi) is 9.35. The van der Waals surface area contributed by atoms with Crippen LogP contribution in [0.25, 0.3) is 10.9 Å². The minimum atomic E-state index is -0.357. The summed E-state index contributed by atoms with van der Waals surface area (Å²) < 4.78 is 5.38. The van der Waals surface area contributed by atoms with Crippen molar-refractivity contribution in [1.82, 2.24) is 9.88 Å². The highest BCUT2D eigenvalue weighted by atomic mass is 16.5. The maximum absolute atomic E-state index is 10.9. The Labute approximate surface area is 188 Å². The highest BCUT2D eigenvalue weighted by Gasteiger charge is 2.28.